The Bertz CT molecular complexity index is 1330. The van der Waals surface area contributed by atoms with Crippen LogP contribution in [-0.2, 0) is 24.9 Å². The Hall–Kier alpha value is -2.88. The van der Waals surface area contributed by atoms with Crippen LogP contribution in [-0.4, -0.2) is 15.9 Å². The van der Waals surface area contributed by atoms with E-state index in [1.807, 2.05) is 45.0 Å². The molecule has 0 unspecified atom stereocenters. The Labute approximate surface area is 220 Å². The number of nitrogens with zero attached hydrogens (tertiary/aromatic N) is 1. The summed E-state index contributed by atoms with van der Waals surface area (Å²) in [5.74, 6) is 0.0464. The molecule has 1 radical (unpaired) electrons. The van der Waals surface area contributed by atoms with Crippen LogP contribution in [0, 0.1) is 25.7 Å². The first-order valence-corrected chi connectivity index (χ1v) is 11.7. The number of ketones is 1. The van der Waals surface area contributed by atoms with Crippen molar-refractivity contribution >= 4 is 27.3 Å². The van der Waals surface area contributed by atoms with Gasteiger partial charge in [-0.05, 0) is 46.8 Å². The number of allylic oxidation sites excluding steroid dienone is 2. The fraction of sp³-hybridized carbons (Fsp3) is 0.267. The van der Waals surface area contributed by atoms with Crippen molar-refractivity contribution in [3.63, 3.8) is 0 Å². The van der Waals surface area contributed by atoms with E-state index >= 15 is 0 Å². The number of aromatic nitrogens is 1. The Morgan fingerprint density at radius 1 is 0.971 bits per heavy atom. The maximum absolute atomic E-state index is 14.0. The molecule has 0 atom stereocenters. The SMILES string of the molecule is CCCC(=O)/C=C(\O)CCC.Cc1[c-]c(-c2nccc3c2ccc2c(F)cccc23)cc(C)c1.[Ir]. The van der Waals surface area contributed by atoms with Crippen molar-refractivity contribution in [1.82, 2.24) is 4.98 Å². The molecular formula is C30H31FIrNO2-. The van der Waals surface area contributed by atoms with Gasteiger partial charge in [0.2, 0.25) is 0 Å². The van der Waals surface area contributed by atoms with E-state index in [1.54, 1.807) is 12.3 Å². The third-order valence-corrected chi connectivity index (χ3v) is 5.48. The second-order valence-electron chi connectivity index (χ2n) is 8.51. The summed E-state index contributed by atoms with van der Waals surface area (Å²) in [7, 11) is 0. The van der Waals surface area contributed by atoms with Gasteiger partial charge in [-0.25, -0.2) is 4.39 Å². The number of pyridine rings is 1. The Morgan fingerprint density at radius 3 is 2.34 bits per heavy atom. The van der Waals surface area contributed by atoms with Crippen LogP contribution in [0.3, 0.4) is 0 Å². The van der Waals surface area contributed by atoms with Crippen molar-refractivity contribution in [3.8, 4) is 11.3 Å². The molecule has 0 aliphatic heterocycles. The molecule has 3 aromatic carbocycles. The Balaban J connectivity index is 0.000000310. The largest absolute Gasteiger partial charge is 0.512 e. The van der Waals surface area contributed by atoms with Gasteiger partial charge in [0.05, 0.1) is 5.76 Å². The average molecular weight is 649 g/mol. The van der Waals surface area contributed by atoms with Crippen LogP contribution in [0.2, 0.25) is 0 Å². The maximum atomic E-state index is 14.0. The molecular weight excluding hydrogens is 618 g/mol. The molecule has 5 heteroatoms. The first-order valence-electron chi connectivity index (χ1n) is 11.7. The van der Waals surface area contributed by atoms with E-state index in [0.717, 1.165) is 45.8 Å². The van der Waals surface area contributed by atoms with Crippen LogP contribution in [0.15, 0.2) is 66.6 Å². The normalized spacial score (nSPS) is 11.1. The van der Waals surface area contributed by atoms with Crippen molar-refractivity contribution in [2.75, 3.05) is 0 Å². The van der Waals surface area contributed by atoms with Crippen LogP contribution < -0.4 is 0 Å². The van der Waals surface area contributed by atoms with Crippen molar-refractivity contribution in [2.45, 2.75) is 53.4 Å². The summed E-state index contributed by atoms with van der Waals surface area (Å²) < 4.78 is 14.0. The summed E-state index contributed by atoms with van der Waals surface area (Å²) in [6.45, 7) is 8.02. The Morgan fingerprint density at radius 2 is 1.66 bits per heavy atom. The van der Waals surface area contributed by atoms with Crippen LogP contribution in [0.4, 0.5) is 4.39 Å². The van der Waals surface area contributed by atoms with Gasteiger partial charge in [0.1, 0.15) is 5.82 Å². The van der Waals surface area contributed by atoms with Crippen LogP contribution >= 0.6 is 0 Å². The molecule has 35 heavy (non-hydrogen) atoms. The monoisotopic (exact) mass is 649 g/mol. The number of halogens is 1. The Kier molecular flexibility index (Phi) is 10.8. The van der Waals surface area contributed by atoms with Crippen molar-refractivity contribution in [1.29, 1.82) is 0 Å². The average Bonchev–Trinajstić information content (AvgIpc) is 2.79. The minimum Gasteiger partial charge on any atom is -0.512 e. The molecule has 3 nitrogen and oxygen atoms in total. The topological polar surface area (TPSA) is 50.2 Å². The maximum Gasteiger partial charge on any atom is 0.159 e. The van der Waals surface area contributed by atoms with Crippen LogP contribution in [0.25, 0.3) is 32.8 Å². The van der Waals surface area contributed by atoms with Crippen molar-refractivity contribution < 1.29 is 34.4 Å². The van der Waals surface area contributed by atoms with E-state index in [-0.39, 0.29) is 37.5 Å². The van der Waals surface area contributed by atoms with E-state index in [4.69, 9.17) is 5.11 Å². The zero-order valence-electron chi connectivity index (χ0n) is 20.6. The fourth-order valence-corrected chi connectivity index (χ4v) is 4.06. The van der Waals surface area contributed by atoms with Crippen molar-refractivity contribution in [2.24, 2.45) is 0 Å². The van der Waals surface area contributed by atoms with Gasteiger partial charge in [0.15, 0.2) is 5.78 Å². The summed E-state index contributed by atoms with van der Waals surface area (Å²) in [6, 6.07) is 18.5. The molecule has 0 aliphatic rings. The summed E-state index contributed by atoms with van der Waals surface area (Å²) in [5, 5.41) is 12.7. The number of aliphatic hydroxyl groups is 1. The zero-order valence-corrected chi connectivity index (χ0v) is 23.0. The number of benzene rings is 3. The predicted molar refractivity (Wildman–Crippen MR) is 138 cm³/mol. The third kappa shape index (κ3) is 7.30. The van der Waals surface area contributed by atoms with E-state index < -0.39 is 0 Å². The number of aliphatic hydroxyl groups excluding tert-OH is 1. The van der Waals surface area contributed by atoms with Gasteiger partial charge >= 0.3 is 0 Å². The molecule has 1 N–H and O–H groups in total. The first-order chi connectivity index (χ1) is 16.3. The molecule has 4 aromatic rings. The number of aryl methyl sites for hydroxylation is 2. The zero-order chi connectivity index (χ0) is 24.7. The summed E-state index contributed by atoms with van der Waals surface area (Å²) in [5.41, 5.74) is 4.14. The van der Waals surface area contributed by atoms with Gasteiger partial charge in [-0.15, -0.1) is 34.9 Å². The predicted octanol–water partition coefficient (Wildman–Crippen LogP) is 8.21. The molecule has 0 fully saturated rings. The van der Waals surface area contributed by atoms with Gasteiger partial charge in [-0.1, -0.05) is 52.0 Å². The molecule has 0 amide bonds. The van der Waals surface area contributed by atoms with E-state index in [9.17, 15) is 9.18 Å². The molecule has 1 heterocycles. The minimum absolute atomic E-state index is 0. The van der Waals surface area contributed by atoms with Gasteiger partial charge in [0.25, 0.3) is 0 Å². The molecule has 1 aromatic heterocycles. The molecule has 0 aliphatic carbocycles. The first kappa shape index (κ1) is 28.4. The van der Waals surface area contributed by atoms with Crippen LogP contribution in [0.1, 0.15) is 50.7 Å². The molecule has 0 spiro atoms. The second-order valence-corrected chi connectivity index (χ2v) is 8.51. The summed E-state index contributed by atoms with van der Waals surface area (Å²) in [4.78, 5) is 15.5. The van der Waals surface area contributed by atoms with Crippen molar-refractivity contribution in [3.05, 3.63) is 89.6 Å². The molecule has 4 rings (SSSR count). The molecule has 185 valence electrons. The number of fused-ring (bicyclic) bond motifs is 3. The summed E-state index contributed by atoms with van der Waals surface area (Å²) in [6.07, 6.45) is 5.99. The van der Waals surface area contributed by atoms with Gasteiger partial charge in [0, 0.05) is 50.6 Å². The molecule has 0 saturated carbocycles. The second kappa shape index (κ2) is 13.3. The number of hydrogen-bond acceptors (Lipinski definition) is 3. The third-order valence-electron chi connectivity index (χ3n) is 5.48. The summed E-state index contributed by atoms with van der Waals surface area (Å²) >= 11 is 0. The van der Waals surface area contributed by atoms with E-state index in [0.29, 0.717) is 18.2 Å². The quantitative estimate of drug-likeness (QED) is 0.0993. The minimum atomic E-state index is -0.194. The number of hydrogen-bond donors (Lipinski definition) is 1. The van der Waals surface area contributed by atoms with Crippen LogP contribution in [0.5, 0.6) is 0 Å². The smallest absolute Gasteiger partial charge is 0.159 e. The molecule has 0 bridgehead atoms. The van der Waals surface area contributed by atoms with Gasteiger partial charge in [-0.3, -0.25) is 4.79 Å². The van der Waals surface area contributed by atoms with Gasteiger partial charge in [-0.2, -0.15) is 0 Å². The van der Waals surface area contributed by atoms with E-state index in [1.165, 1.54) is 17.7 Å². The molecule has 0 saturated heterocycles. The van der Waals surface area contributed by atoms with Gasteiger partial charge < -0.3 is 10.1 Å². The number of rotatable bonds is 6. The standard InChI is InChI=1S/C21H15FN.C9H16O2.Ir/c1-13-10-14(2)12-15(11-13)21-19-7-6-18-16(4-3-5-20(18)22)17(19)8-9-23-21;1-3-5-8(10)7-9(11)6-4-2;/h3-11H,1-2H3;7,10H,3-6H2,1-2H3;/q-1;;/b;8-7-;. The fourth-order valence-electron chi connectivity index (χ4n) is 4.06. The number of carbonyl (C=O) groups excluding carboxylic acids is 1. The number of carbonyl (C=O) groups is 1. The van der Waals surface area contributed by atoms with E-state index in [2.05, 4.69) is 30.1 Å².